The lowest BCUT2D eigenvalue weighted by atomic mass is 10.1. The molecule has 0 saturated heterocycles. The van der Waals surface area contributed by atoms with Gasteiger partial charge in [0.2, 0.25) is 5.82 Å². The fourth-order valence-electron chi connectivity index (χ4n) is 2.79. The van der Waals surface area contributed by atoms with E-state index in [4.69, 9.17) is 9.47 Å². The minimum absolute atomic E-state index is 0.0780. The van der Waals surface area contributed by atoms with E-state index in [0.717, 1.165) is 0 Å². The molecule has 0 saturated carbocycles. The molecule has 0 aliphatic heterocycles. The van der Waals surface area contributed by atoms with E-state index >= 15 is 4.39 Å². The molecule has 10 nitrogen and oxygen atoms in total. The number of anilines is 2. The van der Waals surface area contributed by atoms with Gasteiger partial charge in [0.15, 0.2) is 11.6 Å². The topological polar surface area (TPSA) is 128 Å². The minimum Gasteiger partial charge on any atom is -0.443 e. The van der Waals surface area contributed by atoms with E-state index in [1.54, 1.807) is 5.32 Å². The molecular formula is C23H23F4N3O7. The zero-order valence-corrected chi connectivity index (χ0v) is 20.6. The van der Waals surface area contributed by atoms with Crippen molar-refractivity contribution in [1.82, 2.24) is 0 Å². The molecule has 0 bridgehead atoms. The molecule has 2 aromatic rings. The molecule has 0 fully saturated rings. The number of imide groups is 1. The number of hydrogen-bond acceptors (Lipinski definition) is 7. The highest BCUT2D eigenvalue weighted by Gasteiger charge is 2.37. The monoisotopic (exact) mass is 529 g/mol. The Labute approximate surface area is 208 Å². The van der Waals surface area contributed by atoms with Crippen LogP contribution in [0.5, 0.6) is 0 Å². The van der Waals surface area contributed by atoms with E-state index in [2.05, 4.69) is 0 Å². The quantitative estimate of drug-likeness (QED) is 0.289. The molecule has 0 aromatic heterocycles. The summed E-state index contributed by atoms with van der Waals surface area (Å²) in [6, 6.07) is 2.13. The predicted octanol–water partition coefficient (Wildman–Crippen LogP) is 6.08. The zero-order chi connectivity index (χ0) is 28.5. The molecule has 14 heteroatoms. The molecule has 37 heavy (non-hydrogen) atoms. The summed E-state index contributed by atoms with van der Waals surface area (Å²) in [4.78, 5) is 47.7. The molecule has 200 valence electrons. The second-order valence-electron chi connectivity index (χ2n) is 9.52. The second-order valence-corrected chi connectivity index (χ2v) is 9.52. The maximum absolute atomic E-state index is 15.4. The summed E-state index contributed by atoms with van der Waals surface area (Å²) in [7, 11) is 0. The van der Waals surface area contributed by atoms with E-state index in [1.807, 2.05) is 0 Å². The van der Waals surface area contributed by atoms with E-state index in [9.17, 15) is 37.7 Å². The number of halogens is 4. The molecule has 0 unspecified atom stereocenters. The van der Waals surface area contributed by atoms with Crippen LogP contribution in [0, 0.1) is 33.4 Å². The van der Waals surface area contributed by atoms with Gasteiger partial charge in [0.25, 0.3) is 5.91 Å². The van der Waals surface area contributed by atoms with Crippen molar-refractivity contribution in [1.29, 1.82) is 0 Å². The maximum atomic E-state index is 15.4. The van der Waals surface area contributed by atoms with Gasteiger partial charge >= 0.3 is 17.9 Å². The van der Waals surface area contributed by atoms with Crippen molar-refractivity contribution in [3.8, 4) is 0 Å². The smallest absolute Gasteiger partial charge is 0.424 e. The minimum atomic E-state index is -1.84. The Morgan fingerprint density at radius 1 is 0.838 bits per heavy atom. The van der Waals surface area contributed by atoms with Crippen LogP contribution in [0.4, 0.5) is 44.2 Å². The third-order valence-electron chi connectivity index (χ3n) is 4.19. The van der Waals surface area contributed by atoms with Crippen LogP contribution < -0.4 is 10.2 Å². The fourth-order valence-corrected chi connectivity index (χ4v) is 2.79. The number of amides is 3. The van der Waals surface area contributed by atoms with Crippen molar-refractivity contribution in [2.45, 2.75) is 52.7 Å². The lowest BCUT2D eigenvalue weighted by molar-refractivity contribution is -0.387. The third-order valence-corrected chi connectivity index (χ3v) is 4.19. The highest BCUT2D eigenvalue weighted by molar-refractivity contribution is 6.11. The molecule has 0 aliphatic carbocycles. The summed E-state index contributed by atoms with van der Waals surface area (Å²) in [5.74, 6) is -8.19. The first-order valence-corrected chi connectivity index (χ1v) is 10.5. The molecule has 1 N–H and O–H groups in total. The summed E-state index contributed by atoms with van der Waals surface area (Å²) in [6.07, 6.45) is -3.06. The second kappa shape index (κ2) is 10.4. The van der Waals surface area contributed by atoms with Gasteiger partial charge in [0, 0.05) is 6.07 Å². The Kier molecular flexibility index (Phi) is 8.16. The fraction of sp³-hybridized carbons (Fsp3) is 0.348. The number of ether oxygens (including phenoxy) is 2. The summed E-state index contributed by atoms with van der Waals surface area (Å²) < 4.78 is 68.9. The highest BCUT2D eigenvalue weighted by Crippen LogP contribution is 2.33. The SMILES string of the molecule is CC(C)(C)OC(=O)N(C(=O)OC(C)(C)C)c1c(F)ccc(NC(=O)c2c(F)ccc([N+](=O)[O-])c2F)c1F. The van der Waals surface area contributed by atoms with Gasteiger partial charge in [0.05, 0.1) is 10.6 Å². The normalized spacial score (nSPS) is 11.5. The van der Waals surface area contributed by atoms with E-state index in [-0.39, 0.29) is 4.90 Å². The van der Waals surface area contributed by atoms with Gasteiger partial charge in [-0.25, -0.2) is 22.8 Å². The largest absolute Gasteiger partial charge is 0.443 e. The van der Waals surface area contributed by atoms with Crippen molar-refractivity contribution in [3.63, 3.8) is 0 Å². The van der Waals surface area contributed by atoms with Crippen molar-refractivity contribution in [2.75, 3.05) is 10.2 Å². The van der Waals surface area contributed by atoms with Crippen molar-refractivity contribution in [3.05, 3.63) is 63.2 Å². The van der Waals surface area contributed by atoms with Gasteiger partial charge in [-0.15, -0.1) is 0 Å². The van der Waals surface area contributed by atoms with Crippen LogP contribution in [0.25, 0.3) is 0 Å². The number of nitrogens with zero attached hydrogens (tertiary/aromatic N) is 2. The van der Waals surface area contributed by atoms with Gasteiger partial charge in [-0.1, -0.05) is 0 Å². The standard InChI is InChI=1S/C23H23F4N3O7/c1-22(2,3)36-20(32)29(21(33)37-23(4,5)6)18-12(25)7-9-13(16(18)26)28-19(31)15-11(24)8-10-14(17(15)27)30(34)35/h7-10H,1-6H3,(H,28,31). The lowest BCUT2D eigenvalue weighted by Gasteiger charge is -2.29. The molecular weight excluding hydrogens is 506 g/mol. The molecule has 2 aromatic carbocycles. The number of benzene rings is 2. The summed E-state index contributed by atoms with van der Waals surface area (Å²) in [5.41, 5.74) is -7.32. The summed E-state index contributed by atoms with van der Waals surface area (Å²) in [5, 5.41) is 12.7. The molecule has 0 radical (unpaired) electrons. The Morgan fingerprint density at radius 3 is 1.78 bits per heavy atom. The van der Waals surface area contributed by atoms with Gasteiger partial charge < -0.3 is 14.8 Å². The first-order valence-electron chi connectivity index (χ1n) is 10.5. The van der Waals surface area contributed by atoms with Crippen molar-refractivity contribution < 1.29 is 46.3 Å². The third kappa shape index (κ3) is 6.92. The van der Waals surface area contributed by atoms with E-state index in [1.165, 1.54) is 41.5 Å². The molecule has 0 atom stereocenters. The van der Waals surface area contributed by atoms with E-state index < -0.39 is 80.1 Å². The van der Waals surface area contributed by atoms with Crippen LogP contribution in [0.2, 0.25) is 0 Å². The molecule has 0 spiro atoms. The molecule has 2 rings (SSSR count). The number of carbonyl (C=O) groups is 3. The Hall–Kier alpha value is -4.23. The average Bonchev–Trinajstić information content (AvgIpc) is 2.70. The first kappa shape index (κ1) is 29.0. The zero-order valence-electron chi connectivity index (χ0n) is 20.6. The Balaban J connectivity index is 2.61. The van der Waals surface area contributed by atoms with Crippen LogP contribution >= 0.6 is 0 Å². The number of nitrogens with one attached hydrogen (secondary N) is 1. The van der Waals surface area contributed by atoms with Gasteiger partial charge in [-0.2, -0.15) is 9.29 Å². The number of nitro benzene ring substituents is 1. The van der Waals surface area contributed by atoms with Crippen LogP contribution in [0.15, 0.2) is 24.3 Å². The van der Waals surface area contributed by atoms with Crippen LogP contribution in [0.3, 0.4) is 0 Å². The van der Waals surface area contributed by atoms with Gasteiger partial charge in [-0.05, 0) is 59.7 Å². The van der Waals surface area contributed by atoms with Crippen molar-refractivity contribution >= 4 is 35.2 Å². The summed E-state index contributed by atoms with van der Waals surface area (Å²) in [6.45, 7) is 8.52. The van der Waals surface area contributed by atoms with Crippen LogP contribution in [-0.2, 0) is 9.47 Å². The molecule has 3 amide bonds. The number of hydrogen-bond donors (Lipinski definition) is 1. The summed E-state index contributed by atoms with van der Waals surface area (Å²) >= 11 is 0. The van der Waals surface area contributed by atoms with Gasteiger partial charge in [0.1, 0.15) is 28.3 Å². The lowest BCUT2D eigenvalue weighted by Crippen LogP contribution is -2.44. The van der Waals surface area contributed by atoms with Crippen molar-refractivity contribution in [2.24, 2.45) is 0 Å². The Morgan fingerprint density at radius 2 is 1.32 bits per heavy atom. The van der Waals surface area contributed by atoms with Gasteiger partial charge in [-0.3, -0.25) is 14.9 Å². The molecule has 0 aliphatic rings. The first-order chi connectivity index (χ1) is 16.8. The molecule has 0 heterocycles. The van der Waals surface area contributed by atoms with Crippen LogP contribution in [-0.4, -0.2) is 34.2 Å². The van der Waals surface area contributed by atoms with Crippen LogP contribution in [0.1, 0.15) is 51.9 Å². The highest BCUT2D eigenvalue weighted by atomic mass is 19.1. The predicted molar refractivity (Wildman–Crippen MR) is 122 cm³/mol. The average molecular weight is 529 g/mol. The number of rotatable bonds is 4. The number of carbonyl (C=O) groups excluding carboxylic acids is 3. The Bertz CT molecular complexity index is 1240. The maximum Gasteiger partial charge on any atom is 0.424 e. The number of nitro groups is 1. The van der Waals surface area contributed by atoms with E-state index in [0.29, 0.717) is 24.3 Å².